The molecule has 0 fully saturated rings. The first-order valence-corrected chi connectivity index (χ1v) is 6.01. The smallest absolute Gasteiger partial charge is 0.115 e. The zero-order valence-electron chi connectivity index (χ0n) is 9.80. The van der Waals surface area contributed by atoms with Crippen LogP contribution in [-0.4, -0.2) is 6.61 Å². The van der Waals surface area contributed by atoms with E-state index in [1.54, 1.807) is 0 Å². The fourth-order valence-corrected chi connectivity index (χ4v) is 1.53. The summed E-state index contributed by atoms with van der Waals surface area (Å²) >= 11 is 0. The predicted octanol–water partition coefficient (Wildman–Crippen LogP) is 4.37. The fraction of sp³-hybridized carbons (Fsp3) is 0.571. The molecule has 0 atom stereocenters. The summed E-state index contributed by atoms with van der Waals surface area (Å²) in [6.45, 7) is 7.03. The van der Waals surface area contributed by atoms with Gasteiger partial charge in [0.25, 0.3) is 0 Å². The van der Waals surface area contributed by atoms with Crippen molar-refractivity contribution in [3.63, 3.8) is 0 Å². The van der Waals surface area contributed by atoms with Crippen molar-refractivity contribution >= 4 is 0 Å². The largest absolute Gasteiger partial charge is 0.494 e. The predicted molar refractivity (Wildman–Crippen MR) is 65.7 cm³/mol. The molecule has 0 spiro atoms. The Morgan fingerprint density at radius 3 is 3.00 bits per heavy atom. The van der Waals surface area contributed by atoms with Crippen molar-refractivity contribution in [2.45, 2.75) is 45.4 Å². The molecule has 0 bridgehead atoms. The Kier molecular flexibility index (Phi) is 5.91. The van der Waals surface area contributed by atoms with Gasteiger partial charge in [-0.25, -0.2) is 0 Å². The third-order valence-electron chi connectivity index (χ3n) is 2.55. The molecular weight excluding hydrogens is 184 g/mol. The molecule has 0 radical (unpaired) electrons. The molecule has 1 nitrogen and oxygen atoms in total. The van der Waals surface area contributed by atoms with E-state index in [4.69, 9.17) is 4.74 Å². The fourth-order valence-electron chi connectivity index (χ4n) is 1.53. The van der Waals surface area contributed by atoms with E-state index in [0.29, 0.717) is 0 Å². The van der Waals surface area contributed by atoms with Crippen molar-refractivity contribution in [2.75, 3.05) is 6.61 Å². The molecule has 1 aliphatic carbocycles. The van der Waals surface area contributed by atoms with E-state index >= 15 is 0 Å². The molecule has 0 aliphatic heterocycles. The molecule has 1 heteroatoms. The highest BCUT2D eigenvalue weighted by atomic mass is 16.5. The highest BCUT2D eigenvalue weighted by Gasteiger charge is 1.98. The Balaban J connectivity index is 2.46. The highest BCUT2D eigenvalue weighted by Crippen LogP contribution is 2.15. The number of hydrogen-bond donors (Lipinski definition) is 0. The van der Waals surface area contributed by atoms with Crippen LogP contribution in [0.15, 0.2) is 36.1 Å². The highest BCUT2D eigenvalue weighted by molar-refractivity contribution is 5.23. The van der Waals surface area contributed by atoms with Gasteiger partial charge in [0, 0.05) is 0 Å². The third kappa shape index (κ3) is 5.46. The van der Waals surface area contributed by atoms with Gasteiger partial charge in [0.1, 0.15) is 5.76 Å². The molecule has 0 N–H and O–H groups in total. The van der Waals surface area contributed by atoms with Gasteiger partial charge in [-0.05, 0) is 44.3 Å². The molecule has 1 rings (SSSR count). The van der Waals surface area contributed by atoms with Crippen LogP contribution in [0.1, 0.15) is 45.4 Å². The second-order valence-corrected chi connectivity index (χ2v) is 4.05. The Morgan fingerprint density at radius 2 is 2.20 bits per heavy atom. The summed E-state index contributed by atoms with van der Waals surface area (Å²) in [5.74, 6) is 1.02. The SMILES string of the molecule is C=C1/C=C\C(OCCCC)=C/CCCC1. The molecule has 0 saturated heterocycles. The average molecular weight is 206 g/mol. The van der Waals surface area contributed by atoms with Gasteiger partial charge in [0.05, 0.1) is 6.61 Å². The summed E-state index contributed by atoms with van der Waals surface area (Å²) in [5.41, 5.74) is 1.21. The maximum atomic E-state index is 5.70. The van der Waals surface area contributed by atoms with E-state index in [1.165, 1.54) is 24.8 Å². The van der Waals surface area contributed by atoms with Crippen LogP contribution in [0.25, 0.3) is 0 Å². The van der Waals surface area contributed by atoms with E-state index in [0.717, 1.165) is 31.6 Å². The minimum absolute atomic E-state index is 0.832. The van der Waals surface area contributed by atoms with Crippen molar-refractivity contribution in [3.05, 3.63) is 36.1 Å². The van der Waals surface area contributed by atoms with Crippen LogP contribution in [-0.2, 0) is 4.74 Å². The van der Waals surface area contributed by atoms with Crippen LogP contribution in [0.4, 0.5) is 0 Å². The van der Waals surface area contributed by atoms with Crippen LogP contribution in [0, 0.1) is 0 Å². The number of hydrogen-bond acceptors (Lipinski definition) is 1. The van der Waals surface area contributed by atoms with E-state index in [-0.39, 0.29) is 0 Å². The van der Waals surface area contributed by atoms with E-state index in [2.05, 4.69) is 31.7 Å². The lowest BCUT2D eigenvalue weighted by Gasteiger charge is -2.05. The molecule has 0 aromatic rings. The minimum atomic E-state index is 0.832. The van der Waals surface area contributed by atoms with Crippen molar-refractivity contribution in [2.24, 2.45) is 0 Å². The van der Waals surface area contributed by atoms with Gasteiger partial charge in [-0.2, -0.15) is 0 Å². The normalized spacial score (nSPS) is 23.3. The number of rotatable bonds is 4. The molecule has 0 amide bonds. The standard InChI is InChI=1S/C14H22O/c1-3-4-12-15-14-9-7-5-6-8-13(2)10-11-14/h9-11H,2-8,12H2,1H3/b11-10-,14-9+. The molecule has 0 heterocycles. The van der Waals surface area contributed by atoms with E-state index in [9.17, 15) is 0 Å². The molecule has 0 saturated carbocycles. The Morgan fingerprint density at radius 1 is 1.33 bits per heavy atom. The summed E-state index contributed by atoms with van der Waals surface area (Å²) < 4.78 is 5.70. The van der Waals surface area contributed by atoms with Gasteiger partial charge in [0.15, 0.2) is 0 Å². The summed E-state index contributed by atoms with van der Waals surface area (Å²) in [6.07, 6.45) is 13.4. The Labute approximate surface area is 93.5 Å². The second-order valence-electron chi connectivity index (χ2n) is 4.05. The molecule has 0 aromatic carbocycles. The van der Waals surface area contributed by atoms with Crippen LogP contribution >= 0.6 is 0 Å². The van der Waals surface area contributed by atoms with Crippen molar-refractivity contribution in [1.82, 2.24) is 0 Å². The summed E-state index contributed by atoms with van der Waals surface area (Å²) in [7, 11) is 0. The number of ether oxygens (including phenoxy) is 1. The van der Waals surface area contributed by atoms with Crippen LogP contribution in [0.2, 0.25) is 0 Å². The van der Waals surface area contributed by atoms with Gasteiger partial charge in [-0.1, -0.05) is 31.6 Å². The quantitative estimate of drug-likeness (QED) is 0.620. The first kappa shape index (κ1) is 12.1. The molecule has 1 aliphatic rings. The molecular formula is C14H22O. The Bertz CT molecular complexity index is 248. The molecule has 0 unspecified atom stereocenters. The Hall–Kier alpha value is -0.980. The zero-order chi connectivity index (χ0) is 10.9. The average Bonchev–Trinajstić information content (AvgIpc) is 2.33. The van der Waals surface area contributed by atoms with E-state index in [1.807, 2.05) is 0 Å². The molecule has 84 valence electrons. The van der Waals surface area contributed by atoms with Gasteiger partial charge in [0.2, 0.25) is 0 Å². The second kappa shape index (κ2) is 7.33. The lowest BCUT2D eigenvalue weighted by Crippen LogP contribution is -1.92. The van der Waals surface area contributed by atoms with Gasteiger partial charge < -0.3 is 4.74 Å². The van der Waals surface area contributed by atoms with Gasteiger partial charge >= 0.3 is 0 Å². The van der Waals surface area contributed by atoms with Crippen molar-refractivity contribution in [1.29, 1.82) is 0 Å². The van der Waals surface area contributed by atoms with Gasteiger partial charge in [-0.15, -0.1) is 0 Å². The van der Waals surface area contributed by atoms with Crippen LogP contribution in [0.5, 0.6) is 0 Å². The monoisotopic (exact) mass is 206 g/mol. The van der Waals surface area contributed by atoms with Crippen molar-refractivity contribution in [3.8, 4) is 0 Å². The third-order valence-corrected chi connectivity index (χ3v) is 2.55. The minimum Gasteiger partial charge on any atom is -0.494 e. The number of allylic oxidation sites excluding steroid dienone is 4. The summed E-state index contributed by atoms with van der Waals surface area (Å²) in [5, 5.41) is 0. The molecule has 15 heavy (non-hydrogen) atoms. The summed E-state index contributed by atoms with van der Waals surface area (Å²) in [6, 6.07) is 0. The van der Waals surface area contributed by atoms with Crippen LogP contribution in [0.3, 0.4) is 0 Å². The summed E-state index contributed by atoms with van der Waals surface area (Å²) in [4.78, 5) is 0. The van der Waals surface area contributed by atoms with Gasteiger partial charge in [-0.3, -0.25) is 0 Å². The van der Waals surface area contributed by atoms with E-state index < -0.39 is 0 Å². The van der Waals surface area contributed by atoms with Crippen LogP contribution < -0.4 is 0 Å². The van der Waals surface area contributed by atoms with Crippen molar-refractivity contribution < 1.29 is 4.74 Å². The lowest BCUT2D eigenvalue weighted by atomic mass is 10.1. The molecule has 0 aromatic heterocycles. The zero-order valence-corrected chi connectivity index (χ0v) is 9.80. The lowest BCUT2D eigenvalue weighted by molar-refractivity contribution is 0.218. The first-order chi connectivity index (χ1) is 7.33. The number of unbranched alkanes of at least 4 members (excludes halogenated alkanes) is 1. The maximum absolute atomic E-state index is 5.70. The topological polar surface area (TPSA) is 9.23 Å². The maximum Gasteiger partial charge on any atom is 0.115 e. The first-order valence-electron chi connectivity index (χ1n) is 6.01.